The molecule has 1 saturated heterocycles. The summed E-state index contributed by atoms with van der Waals surface area (Å²) in [6.07, 6.45) is 2.41. The highest BCUT2D eigenvalue weighted by atomic mass is 32.2. The lowest BCUT2D eigenvalue weighted by Gasteiger charge is -2.33. The van der Waals surface area contributed by atoms with E-state index in [0.29, 0.717) is 25.9 Å². The molecule has 1 fully saturated rings. The second-order valence-corrected chi connectivity index (χ2v) is 8.42. The fraction of sp³-hybridized carbons (Fsp3) is 0.368. The van der Waals surface area contributed by atoms with E-state index in [1.165, 1.54) is 12.3 Å². The molecule has 0 spiro atoms. The van der Waals surface area contributed by atoms with Gasteiger partial charge in [0.05, 0.1) is 11.2 Å². The van der Waals surface area contributed by atoms with Gasteiger partial charge in [-0.3, -0.25) is 9.59 Å². The molecule has 1 atom stereocenters. The summed E-state index contributed by atoms with van der Waals surface area (Å²) in [6, 6.07) is 10.4. The lowest BCUT2D eigenvalue weighted by atomic mass is 10.1. The van der Waals surface area contributed by atoms with E-state index in [4.69, 9.17) is 4.42 Å². The van der Waals surface area contributed by atoms with Gasteiger partial charge in [0.2, 0.25) is 15.9 Å². The summed E-state index contributed by atoms with van der Waals surface area (Å²) in [6.45, 7) is 2.46. The smallest absolute Gasteiger partial charge is 0.287 e. The van der Waals surface area contributed by atoms with E-state index >= 15 is 0 Å². The van der Waals surface area contributed by atoms with Gasteiger partial charge in [-0.1, -0.05) is 18.2 Å². The van der Waals surface area contributed by atoms with Crippen molar-refractivity contribution in [2.75, 3.05) is 13.1 Å². The third kappa shape index (κ3) is 4.79. The third-order valence-corrected chi connectivity index (χ3v) is 6.18. The predicted molar refractivity (Wildman–Crippen MR) is 102 cm³/mol. The number of hydrogen-bond acceptors (Lipinski definition) is 5. The van der Waals surface area contributed by atoms with Crippen molar-refractivity contribution in [1.82, 2.24) is 14.9 Å². The van der Waals surface area contributed by atoms with Gasteiger partial charge in [-0.05, 0) is 44.0 Å². The molecule has 9 heteroatoms. The number of benzene rings is 1. The van der Waals surface area contributed by atoms with Crippen molar-refractivity contribution < 1.29 is 22.4 Å². The Morgan fingerprint density at radius 1 is 1.11 bits per heavy atom. The highest BCUT2D eigenvalue weighted by Gasteiger charge is 2.29. The molecule has 2 N–H and O–H groups in total. The van der Waals surface area contributed by atoms with Gasteiger partial charge in [0.25, 0.3) is 5.91 Å². The van der Waals surface area contributed by atoms with E-state index < -0.39 is 22.0 Å². The van der Waals surface area contributed by atoms with Gasteiger partial charge in [-0.2, -0.15) is 0 Å². The Morgan fingerprint density at radius 2 is 1.79 bits per heavy atom. The Hall–Kier alpha value is -2.65. The minimum Gasteiger partial charge on any atom is -0.459 e. The minimum atomic E-state index is -3.58. The monoisotopic (exact) mass is 405 g/mol. The molecule has 150 valence electrons. The topological polar surface area (TPSA) is 109 Å². The minimum absolute atomic E-state index is 0.147. The summed E-state index contributed by atoms with van der Waals surface area (Å²) in [5.74, 6) is -0.505. The van der Waals surface area contributed by atoms with Gasteiger partial charge in [0.15, 0.2) is 5.76 Å². The van der Waals surface area contributed by atoms with Crippen molar-refractivity contribution in [2.24, 2.45) is 0 Å². The molecule has 2 heterocycles. The first-order valence-electron chi connectivity index (χ1n) is 9.07. The summed E-state index contributed by atoms with van der Waals surface area (Å²) in [7, 11) is -3.58. The van der Waals surface area contributed by atoms with Gasteiger partial charge in [-0.15, -0.1) is 0 Å². The highest BCUT2D eigenvalue weighted by molar-refractivity contribution is 7.89. The van der Waals surface area contributed by atoms with Gasteiger partial charge in [0.1, 0.15) is 6.04 Å². The zero-order valence-electron chi connectivity index (χ0n) is 15.5. The highest BCUT2D eigenvalue weighted by Crippen LogP contribution is 2.16. The number of carbonyl (C=O) groups is 2. The number of amides is 2. The number of piperidine rings is 1. The largest absolute Gasteiger partial charge is 0.459 e. The van der Waals surface area contributed by atoms with Crippen LogP contribution in [0.2, 0.25) is 0 Å². The molecule has 28 heavy (non-hydrogen) atoms. The quantitative estimate of drug-likeness (QED) is 0.754. The average molecular weight is 405 g/mol. The molecule has 0 aliphatic carbocycles. The van der Waals surface area contributed by atoms with Crippen molar-refractivity contribution in [3.63, 3.8) is 0 Å². The summed E-state index contributed by atoms with van der Waals surface area (Å²) in [4.78, 5) is 26.4. The SMILES string of the molecule is CC(NC(=O)c1ccco1)C(=O)N1CCC(NS(=O)(=O)c2ccccc2)CC1. The third-order valence-electron chi connectivity index (χ3n) is 4.64. The number of likely N-dealkylation sites (tertiary alicyclic amines) is 1. The first-order valence-corrected chi connectivity index (χ1v) is 10.6. The summed E-state index contributed by atoms with van der Waals surface area (Å²) in [5.41, 5.74) is 0. The summed E-state index contributed by atoms with van der Waals surface area (Å²) >= 11 is 0. The van der Waals surface area contributed by atoms with Crippen molar-refractivity contribution in [3.8, 4) is 0 Å². The van der Waals surface area contributed by atoms with Crippen LogP contribution in [-0.2, 0) is 14.8 Å². The van der Waals surface area contributed by atoms with Crippen LogP contribution >= 0.6 is 0 Å². The predicted octanol–water partition coefficient (Wildman–Crippen LogP) is 1.37. The maximum Gasteiger partial charge on any atom is 0.287 e. The number of nitrogens with one attached hydrogen (secondary N) is 2. The Balaban J connectivity index is 1.50. The Morgan fingerprint density at radius 3 is 2.39 bits per heavy atom. The number of nitrogens with zero attached hydrogens (tertiary/aromatic N) is 1. The Bertz CT molecular complexity index is 904. The fourth-order valence-electron chi connectivity index (χ4n) is 3.12. The number of carbonyl (C=O) groups excluding carboxylic acids is 2. The maximum atomic E-state index is 12.6. The van der Waals surface area contributed by atoms with Crippen molar-refractivity contribution >= 4 is 21.8 Å². The van der Waals surface area contributed by atoms with Crippen LogP contribution in [0.15, 0.2) is 58.0 Å². The van der Waals surface area contributed by atoms with Crippen LogP contribution in [0.4, 0.5) is 0 Å². The summed E-state index contributed by atoms with van der Waals surface area (Å²) in [5, 5.41) is 2.61. The molecule has 3 rings (SSSR count). The molecule has 0 bridgehead atoms. The standard InChI is InChI=1S/C19H23N3O5S/c1-14(20-18(23)17-8-5-13-27-17)19(24)22-11-9-15(10-12-22)21-28(25,26)16-6-3-2-4-7-16/h2-8,13-15,21H,9-12H2,1H3,(H,20,23). The number of furan rings is 1. The normalized spacial score (nSPS) is 16.5. The molecule has 8 nitrogen and oxygen atoms in total. The van der Waals surface area contributed by atoms with Crippen molar-refractivity contribution in [3.05, 3.63) is 54.5 Å². The van der Waals surface area contributed by atoms with E-state index in [1.54, 1.807) is 48.2 Å². The molecule has 2 aromatic rings. The molecule has 2 amide bonds. The summed E-state index contributed by atoms with van der Waals surface area (Å²) < 4.78 is 32.5. The Labute approximate surface area is 164 Å². The number of sulfonamides is 1. The van der Waals surface area contributed by atoms with Crippen LogP contribution < -0.4 is 10.0 Å². The van der Waals surface area contributed by atoms with Crippen LogP contribution in [0.5, 0.6) is 0 Å². The van der Waals surface area contributed by atoms with Crippen LogP contribution in [0.1, 0.15) is 30.3 Å². The second-order valence-electron chi connectivity index (χ2n) is 6.71. The van der Waals surface area contributed by atoms with E-state index in [2.05, 4.69) is 10.0 Å². The van der Waals surface area contributed by atoms with Gasteiger partial charge in [0, 0.05) is 19.1 Å². The van der Waals surface area contributed by atoms with Crippen LogP contribution in [0.3, 0.4) is 0 Å². The molecular weight excluding hydrogens is 382 g/mol. The first-order chi connectivity index (χ1) is 13.4. The van der Waals surface area contributed by atoms with E-state index in [1.807, 2.05) is 0 Å². The zero-order valence-corrected chi connectivity index (χ0v) is 16.3. The van der Waals surface area contributed by atoms with E-state index in [0.717, 1.165) is 0 Å². The van der Waals surface area contributed by atoms with Gasteiger partial charge < -0.3 is 14.6 Å². The van der Waals surface area contributed by atoms with Gasteiger partial charge >= 0.3 is 0 Å². The lowest BCUT2D eigenvalue weighted by molar-refractivity contribution is -0.133. The first kappa shape index (κ1) is 20.1. The number of hydrogen-bond donors (Lipinski definition) is 2. The van der Waals surface area contributed by atoms with Crippen LogP contribution in [-0.4, -0.2) is 50.3 Å². The Kier molecular flexibility index (Phi) is 6.15. The van der Waals surface area contributed by atoms with E-state index in [-0.39, 0.29) is 22.6 Å². The molecular formula is C19H23N3O5S. The van der Waals surface area contributed by atoms with Crippen molar-refractivity contribution in [1.29, 1.82) is 0 Å². The van der Waals surface area contributed by atoms with Gasteiger partial charge in [-0.25, -0.2) is 13.1 Å². The molecule has 0 saturated carbocycles. The van der Waals surface area contributed by atoms with Crippen LogP contribution in [0.25, 0.3) is 0 Å². The molecule has 1 aliphatic heterocycles. The second kappa shape index (κ2) is 8.57. The van der Waals surface area contributed by atoms with Crippen molar-refractivity contribution in [2.45, 2.75) is 36.7 Å². The van der Waals surface area contributed by atoms with Crippen LogP contribution in [0, 0.1) is 0 Å². The molecule has 1 aromatic heterocycles. The lowest BCUT2D eigenvalue weighted by Crippen LogP contribution is -2.52. The molecule has 1 aliphatic rings. The maximum absolute atomic E-state index is 12.6. The van der Waals surface area contributed by atoms with E-state index in [9.17, 15) is 18.0 Å². The molecule has 1 unspecified atom stereocenters. The molecule has 0 radical (unpaired) electrons. The zero-order chi connectivity index (χ0) is 20.1. The fourth-order valence-corrected chi connectivity index (χ4v) is 4.44. The number of rotatable bonds is 6. The average Bonchev–Trinajstić information content (AvgIpc) is 3.23. The molecule has 1 aromatic carbocycles.